The fourth-order valence-electron chi connectivity index (χ4n) is 3.09. The third-order valence-corrected chi connectivity index (χ3v) is 4.79. The predicted molar refractivity (Wildman–Crippen MR) is 120 cm³/mol. The van der Waals surface area contributed by atoms with Gasteiger partial charge in [-0.05, 0) is 73.0 Å². The van der Waals surface area contributed by atoms with Crippen LogP contribution in [-0.4, -0.2) is 25.1 Å². The van der Waals surface area contributed by atoms with Gasteiger partial charge in [-0.15, -0.1) is 0 Å². The molecule has 1 amide bonds. The highest BCUT2D eigenvalue weighted by Crippen LogP contribution is 2.22. The first-order valence-corrected chi connectivity index (χ1v) is 9.70. The molecule has 3 aromatic rings. The molecular weight excluding hydrogens is 378 g/mol. The van der Waals surface area contributed by atoms with Gasteiger partial charge in [-0.1, -0.05) is 35.9 Å². The van der Waals surface area contributed by atoms with Crippen LogP contribution < -0.4 is 10.1 Å². The van der Waals surface area contributed by atoms with E-state index in [1.807, 2.05) is 68.4 Å². The quantitative estimate of drug-likeness (QED) is 0.462. The summed E-state index contributed by atoms with van der Waals surface area (Å²) in [5.41, 5.74) is 3.63. The van der Waals surface area contributed by atoms with E-state index >= 15 is 0 Å². The van der Waals surface area contributed by atoms with E-state index in [-0.39, 0.29) is 5.91 Å². The van der Waals surface area contributed by atoms with Gasteiger partial charge in [0.1, 0.15) is 5.75 Å². The molecule has 0 aliphatic rings. The molecule has 5 nitrogen and oxygen atoms in total. The van der Waals surface area contributed by atoms with Gasteiger partial charge in [0.05, 0.1) is 7.11 Å². The molecule has 1 atom stereocenters. The van der Waals surface area contributed by atoms with E-state index in [1.165, 1.54) is 6.08 Å². The molecule has 0 unspecified atom stereocenters. The van der Waals surface area contributed by atoms with E-state index < -0.39 is 12.1 Å². The highest BCUT2D eigenvalue weighted by atomic mass is 16.5. The van der Waals surface area contributed by atoms with Gasteiger partial charge in [0.25, 0.3) is 5.91 Å². The number of anilines is 1. The number of hydrogen-bond acceptors (Lipinski definition) is 4. The summed E-state index contributed by atoms with van der Waals surface area (Å²) in [5.74, 6) is -0.154. The molecular formula is C25H25NO4. The Labute approximate surface area is 176 Å². The minimum atomic E-state index is -0.910. The molecule has 0 radical (unpaired) electrons. The molecule has 0 aliphatic heterocycles. The molecule has 0 heterocycles. The van der Waals surface area contributed by atoms with Crippen molar-refractivity contribution in [3.63, 3.8) is 0 Å². The minimum Gasteiger partial charge on any atom is -0.497 e. The van der Waals surface area contributed by atoms with Crippen LogP contribution in [0.2, 0.25) is 0 Å². The highest BCUT2D eigenvalue weighted by molar-refractivity contribution is 5.97. The zero-order valence-corrected chi connectivity index (χ0v) is 17.6. The summed E-state index contributed by atoms with van der Waals surface area (Å²) in [5, 5.41) is 4.88. The van der Waals surface area contributed by atoms with E-state index in [0.29, 0.717) is 5.69 Å². The molecule has 30 heavy (non-hydrogen) atoms. The van der Waals surface area contributed by atoms with Crippen LogP contribution in [0.1, 0.15) is 23.6 Å². The fraction of sp³-hybridized carbons (Fsp3) is 0.200. The van der Waals surface area contributed by atoms with Crippen LogP contribution in [0.4, 0.5) is 5.69 Å². The molecule has 0 aromatic heterocycles. The van der Waals surface area contributed by atoms with Crippen LogP contribution in [0.3, 0.4) is 0 Å². The Bertz CT molecular complexity index is 1120. The molecule has 1 N–H and O–H groups in total. The summed E-state index contributed by atoms with van der Waals surface area (Å²) in [4.78, 5) is 24.5. The Morgan fingerprint density at radius 1 is 0.967 bits per heavy atom. The maximum Gasteiger partial charge on any atom is 0.331 e. The Hall–Kier alpha value is -3.60. The Morgan fingerprint density at radius 2 is 1.70 bits per heavy atom. The van der Waals surface area contributed by atoms with Crippen LogP contribution in [-0.2, 0) is 14.3 Å². The largest absolute Gasteiger partial charge is 0.497 e. The Morgan fingerprint density at radius 3 is 2.43 bits per heavy atom. The summed E-state index contributed by atoms with van der Waals surface area (Å²) >= 11 is 0. The van der Waals surface area contributed by atoms with Crippen molar-refractivity contribution >= 4 is 34.4 Å². The molecule has 0 spiro atoms. The van der Waals surface area contributed by atoms with Crippen molar-refractivity contribution in [2.75, 3.05) is 12.4 Å². The lowest BCUT2D eigenvalue weighted by atomic mass is 10.1. The lowest BCUT2D eigenvalue weighted by molar-refractivity contribution is -0.148. The number of carbonyl (C=O) groups is 2. The van der Waals surface area contributed by atoms with Gasteiger partial charge in [0.15, 0.2) is 6.10 Å². The van der Waals surface area contributed by atoms with Crippen LogP contribution in [0.25, 0.3) is 16.8 Å². The summed E-state index contributed by atoms with van der Waals surface area (Å²) in [6.07, 6.45) is 2.08. The zero-order chi connectivity index (χ0) is 21.7. The molecule has 0 fully saturated rings. The summed E-state index contributed by atoms with van der Waals surface area (Å²) in [6.45, 7) is 5.46. The SMILES string of the molecule is COc1ccc2cc(/C=C/C(=O)O[C@H](C)C(=O)Nc3ccc(C)cc3C)ccc2c1. The van der Waals surface area contributed by atoms with Gasteiger partial charge in [-0.2, -0.15) is 0 Å². The molecule has 154 valence electrons. The first-order chi connectivity index (χ1) is 14.4. The molecule has 3 aromatic carbocycles. The number of carbonyl (C=O) groups excluding carboxylic acids is 2. The van der Waals surface area contributed by atoms with Gasteiger partial charge in [-0.3, -0.25) is 4.79 Å². The number of hydrogen-bond donors (Lipinski definition) is 1. The van der Waals surface area contributed by atoms with Crippen LogP contribution in [0.5, 0.6) is 5.75 Å². The van der Waals surface area contributed by atoms with Crippen molar-refractivity contribution in [2.45, 2.75) is 26.9 Å². The molecule has 0 saturated carbocycles. The van der Waals surface area contributed by atoms with E-state index in [4.69, 9.17) is 9.47 Å². The fourth-order valence-corrected chi connectivity index (χ4v) is 3.09. The average molecular weight is 403 g/mol. The van der Waals surface area contributed by atoms with Crippen molar-refractivity contribution in [3.8, 4) is 5.75 Å². The smallest absolute Gasteiger partial charge is 0.331 e. The van der Waals surface area contributed by atoms with E-state index in [9.17, 15) is 9.59 Å². The number of fused-ring (bicyclic) bond motifs is 1. The van der Waals surface area contributed by atoms with E-state index in [1.54, 1.807) is 20.1 Å². The van der Waals surface area contributed by atoms with Crippen LogP contribution in [0.15, 0.2) is 60.7 Å². The number of esters is 1. The predicted octanol–water partition coefficient (Wildman–Crippen LogP) is 5.05. The second-order valence-electron chi connectivity index (χ2n) is 7.19. The summed E-state index contributed by atoms with van der Waals surface area (Å²) in [7, 11) is 1.63. The maximum atomic E-state index is 12.3. The second kappa shape index (κ2) is 9.27. The van der Waals surface area contributed by atoms with Crippen molar-refractivity contribution in [2.24, 2.45) is 0 Å². The lowest BCUT2D eigenvalue weighted by Crippen LogP contribution is -2.29. The number of ether oxygens (including phenoxy) is 2. The number of methoxy groups -OCH3 is 1. The van der Waals surface area contributed by atoms with Gasteiger partial charge in [0, 0.05) is 11.8 Å². The van der Waals surface area contributed by atoms with Gasteiger partial charge in [-0.25, -0.2) is 4.79 Å². The second-order valence-corrected chi connectivity index (χ2v) is 7.19. The lowest BCUT2D eigenvalue weighted by Gasteiger charge is -2.14. The Balaban J connectivity index is 1.60. The Kier molecular flexibility index (Phi) is 6.52. The topological polar surface area (TPSA) is 64.6 Å². The number of nitrogens with one attached hydrogen (secondary N) is 1. The molecule has 5 heteroatoms. The first-order valence-electron chi connectivity index (χ1n) is 9.70. The molecule has 0 bridgehead atoms. The normalized spacial score (nSPS) is 12.0. The standard InChI is InChI=1S/C25H25NO4/c1-16-5-11-23(17(2)13-16)26-25(28)18(3)30-24(27)12-7-19-6-8-21-15-22(29-4)10-9-20(21)14-19/h5-15,18H,1-4H3,(H,26,28)/b12-7+/t18-/m1/s1. The van der Waals surface area contributed by atoms with Gasteiger partial charge < -0.3 is 14.8 Å². The van der Waals surface area contributed by atoms with Gasteiger partial charge >= 0.3 is 5.97 Å². The first kappa shape index (κ1) is 21.1. The highest BCUT2D eigenvalue weighted by Gasteiger charge is 2.17. The van der Waals surface area contributed by atoms with Crippen molar-refractivity contribution in [3.05, 3.63) is 77.4 Å². The minimum absolute atomic E-state index is 0.372. The van der Waals surface area contributed by atoms with Crippen LogP contribution in [0, 0.1) is 13.8 Å². The monoisotopic (exact) mass is 403 g/mol. The van der Waals surface area contributed by atoms with E-state index in [0.717, 1.165) is 33.2 Å². The number of aryl methyl sites for hydroxylation is 2. The average Bonchev–Trinajstić information content (AvgIpc) is 2.73. The number of benzene rings is 3. The maximum absolute atomic E-state index is 12.3. The third kappa shape index (κ3) is 5.26. The number of amides is 1. The zero-order valence-electron chi connectivity index (χ0n) is 17.6. The molecule has 0 saturated heterocycles. The van der Waals surface area contributed by atoms with Crippen molar-refractivity contribution < 1.29 is 19.1 Å². The molecule has 0 aliphatic carbocycles. The third-order valence-electron chi connectivity index (χ3n) is 4.79. The van der Waals surface area contributed by atoms with Crippen LogP contribution >= 0.6 is 0 Å². The summed E-state index contributed by atoms with van der Waals surface area (Å²) < 4.78 is 10.5. The van der Waals surface area contributed by atoms with Gasteiger partial charge in [0.2, 0.25) is 0 Å². The van der Waals surface area contributed by atoms with Crippen molar-refractivity contribution in [1.29, 1.82) is 0 Å². The number of rotatable bonds is 6. The molecule has 3 rings (SSSR count). The summed E-state index contributed by atoms with van der Waals surface area (Å²) in [6, 6.07) is 17.4. The van der Waals surface area contributed by atoms with E-state index in [2.05, 4.69) is 5.32 Å². The van der Waals surface area contributed by atoms with Crippen molar-refractivity contribution in [1.82, 2.24) is 0 Å².